The standard InChI is InChI=1S/C10H12N4O/c1-2-14-9(11-8-12-14)7-13-6-4-3-5-10(13)15/h3-6,8H,2,7H2,1H3. The molecule has 78 valence electrons. The van der Waals surface area contributed by atoms with E-state index in [9.17, 15) is 4.79 Å². The second-order valence-corrected chi connectivity index (χ2v) is 3.16. The molecule has 0 atom stereocenters. The number of rotatable bonds is 3. The highest BCUT2D eigenvalue weighted by atomic mass is 16.1. The number of aromatic nitrogens is 4. The highest BCUT2D eigenvalue weighted by molar-refractivity contribution is 4.96. The van der Waals surface area contributed by atoms with Crippen molar-refractivity contribution in [1.82, 2.24) is 19.3 Å². The van der Waals surface area contributed by atoms with Crippen LogP contribution in [-0.2, 0) is 13.1 Å². The molecule has 0 saturated carbocycles. The number of hydrogen-bond donors (Lipinski definition) is 0. The second kappa shape index (κ2) is 4.08. The van der Waals surface area contributed by atoms with E-state index in [2.05, 4.69) is 10.1 Å². The van der Waals surface area contributed by atoms with E-state index in [1.54, 1.807) is 21.5 Å². The first-order valence-electron chi connectivity index (χ1n) is 4.83. The summed E-state index contributed by atoms with van der Waals surface area (Å²) in [6, 6.07) is 5.09. The molecule has 5 heteroatoms. The van der Waals surface area contributed by atoms with Crippen LogP contribution in [0.4, 0.5) is 0 Å². The minimum atomic E-state index is -0.0249. The van der Waals surface area contributed by atoms with Crippen LogP contribution in [0.3, 0.4) is 0 Å². The molecule has 0 saturated heterocycles. The summed E-state index contributed by atoms with van der Waals surface area (Å²) >= 11 is 0. The summed E-state index contributed by atoms with van der Waals surface area (Å²) in [4.78, 5) is 15.6. The van der Waals surface area contributed by atoms with Crippen LogP contribution in [0, 0.1) is 0 Å². The lowest BCUT2D eigenvalue weighted by Crippen LogP contribution is -2.20. The molecule has 0 spiro atoms. The minimum Gasteiger partial charge on any atom is -0.308 e. The molecule has 15 heavy (non-hydrogen) atoms. The molecule has 0 N–H and O–H groups in total. The van der Waals surface area contributed by atoms with E-state index in [0.29, 0.717) is 6.54 Å². The summed E-state index contributed by atoms with van der Waals surface area (Å²) in [7, 11) is 0. The first kappa shape index (κ1) is 9.64. The monoisotopic (exact) mass is 204 g/mol. The van der Waals surface area contributed by atoms with Gasteiger partial charge in [-0.1, -0.05) is 6.07 Å². The minimum absolute atomic E-state index is 0.0249. The fraction of sp³-hybridized carbons (Fsp3) is 0.300. The molecule has 2 rings (SSSR count). The van der Waals surface area contributed by atoms with Crippen LogP contribution in [0.5, 0.6) is 0 Å². The zero-order valence-corrected chi connectivity index (χ0v) is 8.50. The van der Waals surface area contributed by atoms with Gasteiger partial charge < -0.3 is 4.57 Å². The fourth-order valence-corrected chi connectivity index (χ4v) is 1.42. The van der Waals surface area contributed by atoms with Crippen molar-refractivity contribution in [3.05, 3.63) is 46.9 Å². The Labute approximate surface area is 87.0 Å². The molecular formula is C10H12N4O. The van der Waals surface area contributed by atoms with Gasteiger partial charge in [0.25, 0.3) is 5.56 Å². The van der Waals surface area contributed by atoms with Crippen molar-refractivity contribution in [3.63, 3.8) is 0 Å². The molecule has 0 aliphatic heterocycles. The molecule has 2 heterocycles. The molecule has 0 amide bonds. The predicted molar refractivity (Wildman–Crippen MR) is 55.5 cm³/mol. The molecule has 5 nitrogen and oxygen atoms in total. The van der Waals surface area contributed by atoms with E-state index in [0.717, 1.165) is 12.4 Å². The molecule has 0 radical (unpaired) electrons. The maximum atomic E-state index is 11.5. The lowest BCUT2D eigenvalue weighted by molar-refractivity contribution is 0.586. The van der Waals surface area contributed by atoms with Gasteiger partial charge in [-0.3, -0.25) is 4.79 Å². The van der Waals surface area contributed by atoms with Gasteiger partial charge in [0.05, 0.1) is 6.54 Å². The molecular weight excluding hydrogens is 192 g/mol. The SMILES string of the molecule is CCn1ncnc1Cn1ccccc1=O. The lowest BCUT2D eigenvalue weighted by atomic mass is 10.4. The normalized spacial score (nSPS) is 10.5. The van der Waals surface area contributed by atoms with Gasteiger partial charge in [-0.05, 0) is 13.0 Å². The van der Waals surface area contributed by atoms with Crippen LogP contribution >= 0.6 is 0 Å². The van der Waals surface area contributed by atoms with E-state index in [-0.39, 0.29) is 5.56 Å². The summed E-state index contributed by atoms with van der Waals surface area (Å²) < 4.78 is 3.38. The zero-order valence-electron chi connectivity index (χ0n) is 8.50. The maximum Gasteiger partial charge on any atom is 0.250 e. The third kappa shape index (κ3) is 1.96. The largest absolute Gasteiger partial charge is 0.308 e. The quantitative estimate of drug-likeness (QED) is 0.732. The van der Waals surface area contributed by atoms with Gasteiger partial charge in [-0.2, -0.15) is 5.10 Å². The Morgan fingerprint density at radius 2 is 2.27 bits per heavy atom. The first-order valence-corrected chi connectivity index (χ1v) is 4.83. The number of pyridine rings is 1. The van der Waals surface area contributed by atoms with Crippen molar-refractivity contribution >= 4 is 0 Å². The Kier molecular flexibility index (Phi) is 2.62. The zero-order chi connectivity index (χ0) is 10.7. The van der Waals surface area contributed by atoms with Gasteiger partial charge >= 0.3 is 0 Å². The van der Waals surface area contributed by atoms with Gasteiger partial charge in [-0.25, -0.2) is 9.67 Å². The van der Waals surface area contributed by atoms with Crippen molar-refractivity contribution in [2.45, 2.75) is 20.0 Å². The average molecular weight is 204 g/mol. The smallest absolute Gasteiger partial charge is 0.250 e. The van der Waals surface area contributed by atoms with E-state index in [4.69, 9.17) is 0 Å². The van der Waals surface area contributed by atoms with Gasteiger partial charge in [-0.15, -0.1) is 0 Å². The maximum absolute atomic E-state index is 11.5. The van der Waals surface area contributed by atoms with Crippen LogP contribution in [-0.4, -0.2) is 19.3 Å². The third-order valence-electron chi connectivity index (χ3n) is 2.21. The summed E-state index contributed by atoms with van der Waals surface area (Å²) in [5.74, 6) is 0.797. The van der Waals surface area contributed by atoms with Crippen LogP contribution in [0.2, 0.25) is 0 Å². The molecule has 2 aromatic heterocycles. The summed E-state index contributed by atoms with van der Waals surface area (Å²) in [6.45, 7) is 3.22. The summed E-state index contributed by atoms with van der Waals surface area (Å²) in [5, 5.41) is 4.05. The summed E-state index contributed by atoms with van der Waals surface area (Å²) in [6.07, 6.45) is 3.25. The second-order valence-electron chi connectivity index (χ2n) is 3.16. The van der Waals surface area contributed by atoms with E-state index in [1.807, 2.05) is 13.0 Å². The fourth-order valence-electron chi connectivity index (χ4n) is 1.42. The Hall–Kier alpha value is -1.91. The molecule has 0 aliphatic carbocycles. The number of nitrogens with zero attached hydrogens (tertiary/aromatic N) is 4. The lowest BCUT2D eigenvalue weighted by Gasteiger charge is -2.05. The van der Waals surface area contributed by atoms with Crippen LogP contribution < -0.4 is 5.56 Å². The predicted octanol–water partition coefficient (Wildman–Crippen LogP) is 0.508. The molecule has 0 unspecified atom stereocenters. The highest BCUT2D eigenvalue weighted by Crippen LogP contribution is 1.96. The molecule has 0 bridgehead atoms. The van der Waals surface area contributed by atoms with E-state index >= 15 is 0 Å². The molecule has 0 fully saturated rings. The first-order chi connectivity index (χ1) is 7.31. The number of aryl methyl sites for hydroxylation is 1. The summed E-state index contributed by atoms with van der Waals surface area (Å²) in [5.41, 5.74) is -0.0249. The van der Waals surface area contributed by atoms with Gasteiger partial charge in [0.2, 0.25) is 0 Å². The number of hydrogen-bond acceptors (Lipinski definition) is 3. The Bertz CT molecular complexity index is 500. The van der Waals surface area contributed by atoms with Gasteiger partial charge in [0, 0.05) is 18.8 Å². The van der Waals surface area contributed by atoms with Crippen LogP contribution in [0.15, 0.2) is 35.5 Å². The molecule has 0 aliphatic rings. The van der Waals surface area contributed by atoms with Crippen LogP contribution in [0.1, 0.15) is 12.7 Å². The van der Waals surface area contributed by atoms with Crippen molar-refractivity contribution in [2.24, 2.45) is 0 Å². The van der Waals surface area contributed by atoms with Crippen molar-refractivity contribution in [2.75, 3.05) is 0 Å². The van der Waals surface area contributed by atoms with Crippen molar-refractivity contribution < 1.29 is 0 Å². The topological polar surface area (TPSA) is 52.7 Å². The molecule has 0 aromatic carbocycles. The van der Waals surface area contributed by atoms with Crippen molar-refractivity contribution in [1.29, 1.82) is 0 Å². The van der Waals surface area contributed by atoms with Gasteiger partial charge in [0.1, 0.15) is 12.2 Å². The Morgan fingerprint density at radius 3 is 3.00 bits per heavy atom. The highest BCUT2D eigenvalue weighted by Gasteiger charge is 2.03. The van der Waals surface area contributed by atoms with Crippen molar-refractivity contribution in [3.8, 4) is 0 Å². The van der Waals surface area contributed by atoms with Crippen LogP contribution in [0.25, 0.3) is 0 Å². The third-order valence-corrected chi connectivity index (χ3v) is 2.21. The Balaban J connectivity index is 2.30. The van der Waals surface area contributed by atoms with E-state index < -0.39 is 0 Å². The average Bonchev–Trinajstić information content (AvgIpc) is 2.69. The molecule has 2 aromatic rings. The Morgan fingerprint density at radius 1 is 1.40 bits per heavy atom. The van der Waals surface area contributed by atoms with Gasteiger partial charge in [0.15, 0.2) is 0 Å². The van der Waals surface area contributed by atoms with E-state index in [1.165, 1.54) is 12.4 Å².